The summed E-state index contributed by atoms with van der Waals surface area (Å²) in [5, 5.41) is 10.1. The van der Waals surface area contributed by atoms with Crippen LogP contribution in [0.4, 0.5) is 0 Å². The Balaban J connectivity index is 2.78. The molecule has 4 heteroatoms. The largest absolute Gasteiger partial charge is 0.259 e. The molecule has 0 aromatic heterocycles. The quantitative estimate of drug-likeness (QED) is 0.471. The number of rotatable bonds is 1. The Morgan fingerprint density at radius 1 is 1.56 bits per heavy atom. The molecule has 0 saturated heterocycles. The number of nitro groups is 1. The first-order valence-electron chi connectivity index (χ1n) is 2.73. The standard InChI is InChI=1S/C5H6BrNO2/c6-4-2-1-3-5(4)7(8)9/h1-3H2. The van der Waals surface area contributed by atoms with E-state index in [9.17, 15) is 10.1 Å². The minimum atomic E-state index is -0.308. The van der Waals surface area contributed by atoms with Crippen LogP contribution < -0.4 is 0 Å². The van der Waals surface area contributed by atoms with Crippen LogP contribution in [0.25, 0.3) is 0 Å². The van der Waals surface area contributed by atoms with Crippen molar-refractivity contribution >= 4 is 15.9 Å². The molecule has 0 heterocycles. The van der Waals surface area contributed by atoms with E-state index in [-0.39, 0.29) is 4.92 Å². The predicted octanol–water partition coefficient (Wildman–Crippen LogP) is 2.05. The SMILES string of the molecule is O=[N+]([O-])C1=C(Br)CCC1. The van der Waals surface area contributed by atoms with E-state index in [0.29, 0.717) is 12.1 Å². The molecule has 0 atom stereocenters. The van der Waals surface area contributed by atoms with Crippen LogP contribution in [0.15, 0.2) is 10.2 Å². The van der Waals surface area contributed by atoms with Gasteiger partial charge in [0.15, 0.2) is 0 Å². The summed E-state index contributed by atoms with van der Waals surface area (Å²) >= 11 is 3.14. The van der Waals surface area contributed by atoms with Gasteiger partial charge in [-0.25, -0.2) is 0 Å². The molecule has 50 valence electrons. The molecule has 0 amide bonds. The highest BCUT2D eigenvalue weighted by atomic mass is 79.9. The lowest BCUT2D eigenvalue weighted by Crippen LogP contribution is -1.94. The second-order valence-electron chi connectivity index (χ2n) is 1.96. The number of nitrogens with zero attached hydrogens (tertiary/aromatic N) is 1. The summed E-state index contributed by atoms with van der Waals surface area (Å²) in [5.74, 6) is 0. The summed E-state index contributed by atoms with van der Waals surface area (Å²) in [6.45, 7) is 0. The third-order valence-corrected chi connectivity index (χ3v) is 2.20. The van der Waals surface area contributed by atoms with Crippen molar-refractivity contribution < 1.29 is 4.92 Å². The maximum Gasteiger partial charge on any atom is 0.256 e. The highest BCUT2D eigenvalue weighted by Gasteiger charge is 2.21. The second kappa shape index (κ2) is 2.47. The normalized spacial score (nSPS) is 18.8. The lowest BCUT2D eigenvalue weighted by atomic mass is 10.3. The molecule has 3 nitrogen and oxygen atoms in total. The lowest BCUT2D eigenvalue weighted by Gasteiger charge is -1.87. The van der Waals surface area contributed by atoms with E-state index in [1.54, 1.807) is 0 Å². The van der Waals surface area contributed by atoms with Crippen molar-refractivity contribution in [3.63, 3.8) is 0 Å². The topological polar surface area (TPSA) is 43.1 Å². The fraction of sp³-hybridized carbons (Fsp3) is 0.600. The number of halogens is 1. The number of allylic oxidation sites excluding steroid dienone is 2. The molecule has 1 aliphatic rings. The fourth-order valence-corrected chi connectivity index (χ4v) is 1.50. The summed E-state index contributed by atoms with van der Waals surface area (Å²) in [5.41, 5.74) is 0.356. The first-order valence-corrected chi connectivity index (χ1v) is 3.53. The van der Waals surface area contributed by atoms with Crippen molar-refractivity contribution in [1.82, 2.24) is 0 Å². The predicted molar refractivity (Wildman–Crippen MR) is 36.8 cm³/mol. The van der Waals surface area contributed by atoms with Gasteiger partial charge >= 0.3 is 0 Å². The van der Waals surface area contributed by atoms with E-state index >= 15 is 0 Å². The van der Waals surface area contributed by atoms with Gasteiger partial charge in [0.25, 0.3) is 5.70 Å². The molecule has 1 rings (SSSR count). The van der Waals surface area contributed by atoms with Crippen LogP contribution in [-0.2, 0) is 0 Å². The van der Waals surface area contributed by atoms with Gasteiger partial charge in [-0.15, -0.1) is 0 Å². The summed E-state index contributed by atoms with van der Waals surface area (Å²) in [7, 11) is 0. The van der Waals surface area contributed by atoms with Crippen LogP contribution in [0.2, 0.25) is 0 Å². The molecule has 0 saturated carbocycles. The average Bonchev–Trinajstić information content (AvgIpc) is 2.13. The molecular formula is C5H6BrNO2. The molecule has 0 spiro atoms. The Labute approximate surface area is 61.0 Å². The minimum Gasteiger partial charge on any atom is -0.259 e. The van der Waals surface area contributed by atoms with Crippen molar-refractivity contribution in [2.45, 2.75) is 19.3 Å². The number of hydrogen-bond acceptors (Lipinski definition) is 2. The van der Waals surface area contributed by atoms with Gasteiger partial charge in [0, 0.05) is 6.42 Å². The summed E-state index contributed by atoms with van der Waals surface area (Å²) in [4.78, 5) is 9.82. The van der Waals surface area contributed by atoms with Crippen LogP contribution in [0, 0.1) is 10.1 Å². The van der Waals surface area contributed by atoms with Crippen molar-refractivity contribution in [1.29, 1.82) is 0 Å². The van der Waals surface area contributed by atoms with Crippen LogP contribution in [-0.4, -0.2) is 4.92 Å². The molecule has 0 aliphatic heterocycles. The van der Waals surface area contributed by atoms with Crippen molar-refractivity contribution in [3.05, 3.63) is 20.3 Å². The molecule has 0 bridgehead atoms. The molecule has 0 unspecified atom stereocenters. The maximum atomic E-state index is 10.1. The zero-order valence-electron chi connectivity index (χ0n) is 4.76. The zero-order chi connectivity index (χ0) is 6.85. The smallest absolute Gasteiger partial charge is 0.256 e. The van der Waals surface area contributed by atoms with Crippen molar-refractivity contribution in [2.75, 3.05) is 0 Å². The molecule has 9 heavy (non-hydrogen) atoms. The van der Waals surface area contributed by atoms with Gasteiger partial charge in [0.05, 0.1) is 9.41 Å². The molecule has 0 N–H and O–H groups in total. The van der Waals surface area contributed by atoms with Gasteiger partial charge in [0.1, 0.15) is 0 Å². The highest BCUT2D eigenvalue weighted by molar-refractivity contribution is 9.11. The summed E-state index contributed by atoms with van der Waals surface area (Å²) in [6, 6.07) is 0. The van der Waals surface area contributed by atoms with Crippen molar-refractivity contribution in [2.24, 2.45) is 0 Å². The maximum absolute atomic E-state index is 10.1. The molecule has 1 aliphatic carbocycles. The third-order valence-electron chi connectivity index (χ3n) is 1.34. The molecule has 0 aromatic rings. The van der Waals surface area contributed by atoms with E-state index in [0.717, 1.165) is 17.3 Å². The van der Waals surface area contributed by atoms with Crippen LogP contribution >= 0.6 is 15.9 Å². The summed E-state index contributed by atoms with van der Waals surface area (Å²) in [6.07, 6.45) is 2.36. The first-order chi connectivity index (χ1) is 4.22. The Kier molecular flexibility index (Phi) is 1.85. The van der Waals surface area contributed by atoms with E-state index in [1.807, 2.05) is 0 Å². The van der Waals surface area contributed by atoms with E-state index in [1.165, 1.54) is 0 Å². The Morgan fingerprint density at radius 2 is 2.22 bits per heavy atom. The van der Waals surface area contributed by atoms with E-state index in [2.05, 4.69) is 15.9 Å². The average molecular weight is 192 g/mol. The lowest BCUT2D eigenvalue weighted by molar-refractivity contribution is -0.427. The molecular weight excluding hydrogens is 186 g/mol. The van der Waals surface area contributed by atoms with E-state index in [4.69, 9.17) is 0 Å². The molecule has 0 aromatic carbocycles. The van der Waals surface area contributed by atoms with E-state index < -0.39 is 0 Å². The Hall–Kier alpha value is -0.380. The fourth-order valence-electron chi connectivity index (χ4n) is 0.881. The van der Waals surface area contributed by atoms with Gasteiger partial charge in [-0.3, -0.25) is 10.1 Å². The highest BCUT2D eigenvalue weighted by Crippen LogP contribution is 2.29. The summed E-state index contributed by atoms with van der Waals surface area (Å²) < 4.78 is 0.771. The van der Waals surface area contributed by atoms with Crippen molar-refractivity contribution in [3.8, 4) is 0 Å². The third kappa shape index (κ3) is 1.30. The van der Waals surface area contributed by atoms with Crippen LogP contribution in [0.1, 0.15) is 19.3 Å². The minimum absolute atomic E-state index is 0.308. The van der Waals surface area contributed by atoms with Crippen LogP contribution in [0.5, 0.6) is 0 Å². The van der Waals surface area contributed by atoms with Gasteiger partial charge in [-0.2, -0.15) is 0 Å². The van der Waals surface area contributed by atoms with Gasteiger partial charge in [0.2, 0.25) is 0 Å². The zero-order valence-corrected chi connectivity index (χ0v) is 6.35. The molecule has 0 radical (unpaired) electrons. The molecule has 0 fully saturated rings. The first kappa shape index (κ1) is 6.74. The van der Waals surface area contributed by atoms with Gasteiger partial charge in [-0.1, -0.05) is 0 Å². The monoisotopic (exact) mass is 191 g/mol. The Bertz CT molecular complexity index is 176. The number of hydrogen-bond donors (Lipinski definition) is 0. The van der Waals surface area contributed by atoms with Crippen LogP contribution in [0.3, 0.4) is 0 Å². The second-order valence-corrected chi connectivity index (χ2v) is 2.92. The van der Waals surface area contributed by atoms with Gasteiger partial charge in [-0.05, 0) is 28.8 Å². The van der Waals surface area contributed by atoms with Gasteiger partial charge < -0.3 is 0 Å². The Morgan fingerprint density at radius 3 is 2.44 bits per heavy atom.